The molecule has 0 aliphatic carbocycles. The number of aromatic hydroxyl groups is 1. The van der Waals surface area contributed by atoms with Crippen LogP contribution in [0.1, 0.15) is 5.56 Å². The molecule has 0 radical (unpaired) electrons. The Morgan fingerprint density at radius 1 is 1.05 bits per heavy atom. The van der Waals surface area contributed by atoms with Crippen molar-refractivity contribution < 1.29 is 19.1 Å². The van der Waals surface area contributed by atoms with E-state index in [0.717, 1.165) is 16.7 Å². The number of rotatable bonds is 2. The lowest BCUT2D eigenvalue weighted by Gasteiger charge is -2.12. The van der Waals surface area contributed by atoms with Gasteiger partial charge in [0, 0.05) is 5.56 Å². The number of hydrogen-bond acceptors (Lipinski definition) is 4. The number of hydrogen-bond donors (Lipinski definition) is 1. The SMILES string of the molecule is O=C1S/C(=C\c2ccccc2F)C(=O)N1c1ccc(O)cc1. The zero-order valence-corrected chi connectivity index (χ0v) is 12.0. The highest BCUT2D eigenvalue weighted by Gasteiger charge is 2.36. The molecule has 110 valence electrons. The summed E-state index contributed by atoms with van der Waals surface area (Å²) in [5.41, 5.74) is 0.607. The van der Waals surface area contributed by atoms with Gasteiger partial charge in [-0.05, 0) is 48.2 Å². The summed E-state index contributed by atoms with van der Waals surface area (Å²) >= 11 is 0.754. The van der Waals surface area contributed by atoms with E-state index in [2.05, 4.69) is 0 Å². The second-order valence-electron chi connectivity index (χ2n) is 4.56. The highest BCUT2D eigenvalue weighted by molar-refractivity contribution is 8.19. The van der Waals surface area contributed by atoms with Crippen molar-refractivity contribution >= 4 is 34.7 Å². The first kappa shape index (κ1) is 14.3. The van der Waals surface area contributed by atoms with Crippen molar-refractivity contribution in [2.24, 2.45) is 0 Å². The number of anilines is 1. The van der Waals surface area contributed by atoms with Crippen molar-refractivity contribution in [3.05, 3.63) is 64.8 Å². The van der Waals surface area contributed by atoms with Crippen LogP contribution in [0.15, 0.2) is 53.4 Å². The molecule has 1 saturated heterocycles. The summed E-state index contributed by atoms with van der Waals surface area (Å²) < 4.78 is 13.6. The highest BCUT2D eigenvalue weighted by Crippen LogP contribution is 2.36. The molecule has 4 nitrogen and oxygen atoms in total. The van der Waals surface area contributed by atoms with E-state index in [1.165, 1.54) is 42.5 Å². The Balaban J connectivity index is 1.95. The number of thioether (sulfide) groups is 1. The molecule has 2 aromatic rings. The first-order chi connectivity index (χ1) is 10.6. The summed E-state index contributed by atoms with van der Waals surface area (Å²) in [5.74, 6) is -0.930. The molecule has 2 amide bonds. The van der Waals surface area contributed by atoms with E-state index < -0.39 is 17.0 Å². The standard InChI is InChI=1S/C16H10FNO3S/c17-13-4-2-1-3-10(13)9-14-15(20)18(16(21)22-14)11-5-7-12(19)8-6-11/h1-9,19H/b14-9-. The predicted octanol–water partition coefficient (Wildman–Crippen LogP) is 3.77. The number of imide groups is 1. The maximum absolute atomic E-state index is 13.6. The van der Waals surface area contributed by atoms with Crippen LogP contribution in [0.3, 0.4) is 0 Å². The monoisotopic (exact) mass is 315 g/mol. The summed E-state index contributed by atoms with van der Waals surface area (Å²) in [7, 11) is 0. The number of nitrogens with zero attached hydrogens (tertiary/aromatic N) is 1. The van der Waals surface area contributed by atoms with Crippen LogP contribution in [0, 0.1) is 5.82 Å². The van der Waals surface area contributed by atoms with Crippen LogP contribution in [-0.4, -0.2) is 16.3 Å². The zero-order valence-electron chi connectivity index (χ0n) is 11.2. The van der Waals surface area contributed by atoms with Gasteiger partial charge in [0.15, 0.2) is 0 Å². The molecule has 6 heteroatoms. The number of phenolic OH excluding ortho intramolecular Hbond substituents is 1. The largest absolute Gasteiger partial charge is 0.508 e. The van der Waals surface area contributed by atoms with Crippen LogP contribution in [0.5, 0.6) is 5.75 Å². The third-order valence-electron chi connectivity index (χ3n) is 3.09. The summed E-state index contributed by atoms with van der Waals surface area (Å²) in [6, 6.07) is 11.7. The summed E-state index contributed by atoms with van der Waals surface area (Å²) in [5, 5.41) is 8.80. The number of phenols is 1. The first-order valence-corrected chi connectivity index (χ1v) is 7.19. The van der Waals surface area contributed by atoms with Crippen molar-refractivity contribution in [3.63, 3.8) is 0 Å². The Bertz CT molecular complexity index is 786. The van der Waals surface area contributed by atoms with Crippen LogP contribution >= 0.6 is 11.8 Å². The third-order valence-corrected chi connectivity index (χ3v) is 3.96. The lowest BCUT2D eigenvalue weighted by Crippen LogP contribution is -2.27. The molecule has 1 heterocycles. The minimum absolute atomic E-state index is 0.0395. The number of halogens is 1. The fourth-order valence-corrected chi connectivity index (χ4v) is 2.86. The second kappa shape index (κ2) is 5.65. The van der Waals surface area contributed by atoms with Gasteiger partial charge in [0.2, 0.25) is 0 Å². The van der Waals surface area contributed by atoms with E-state index in [4.69, 9.17) is 0 Å². The fourth-order valence-electron chi connectivity index (χ4n) is 2.03. The van der Waals surface area contributed by atoms with E-state index in [-0.39, 0.29) is 16.2 Å². The Morgan fingerprint density at radius 2 is 1.73 bits per heavy atom. The second-order valence-corrected chi connectivity index (χ2v) is 5.55. The zero-order chi connectivity index (χ0) is 15.7. The maximum atomic E-state index is 13.6. The normalized spacial score (nSPS) is 16.6. The van der Waals surface area contributed by atoms with Crippen molar-refractivity contribution in [2.75, 3.05) is 4.90 Å². The molecule has 0 bridgehead atoms. The average Bonchev–Trinajstić information content (AvgIpc) is 2.77. The van der Waals surface area contributed by atoms with Gasteiger partial charge in [-0.25, -0.2) is 9.29 Å². The average molecular weight is 315 g/mol. The predicted molar refractivity (Wildman–Crippen MR) is 83.0 cm³/mol. The maximum Gasteiger partial charge on any atom is 0.298 e. The van der Waals surface area contributed by atoms with Gasteiger partial charge in [-0.1, -0.05) is 18.2 Å². The number of benzene rings is 2. The smallest absolute Gasteiger partial charge is 0.298 e. The molecule has 1 aliphatic rings. The molecule has 0 spiro atoms. The van der Waals surface area contributed by atoms with E-state index in [9.17, 15) is 19.1 Å². The van der Waals surface area contributed by atoms with Crippen molar-refractivity contribution in [3.8, 4) is 5.75 Å². The molecule has 3 rings (SSSR count). The Labute approximate surface area is 129 Å². The van der Waals surface area contributed by atoms with E-state index in [0.29, 0.717) is 5.69 Å². The lowest BCUT2D eigenvalue weighted by molar-refractivity contribution is -0.113. The van der Waals surface area contributed by atoms with Gasteiger partial charge >= 0.3 is 0 Å². The molecule has 1 N–H and O–H groups in total. The molecular weight excluding hydrogens is 305 g/mol. The quantitative estimate of drug-likeness (QED) is 0.857. The first-order valence-electron chi connectivity index (χ1n) is 6.38. The number of carbonyl (C=O) groups is 2. The van der Waals surface area contributed by atoms with Crippen LogP contribution in [0.2, 0.25) is 0 Å². The summed E-state index contributed by atoms with van der Waals surface area (Å²) in [6.07, 6.45) is 1.36. The molecule has 0 saturated carbocycles. The third kappa shape index (κ3) is 2.60. The van der Waals surface area contributed by atoms with Gasteiger partial charge in [0.25, 0.3) is 11.1 Å². The molecule has 22 heavy (non-hydrogen) atoms. The van der Waals surface area contributed by atoms with Crippen molar-refractivity contribution in [2.45, 2.75) is 0 Å². The molecule has 1 fully saturated rings. The Kier molecular flexibility index (Phi) is 3.68. The summed E-state index contributed by atoms with van der Waals surface area (Å²) in [4.78, 5) is 25.5. The minimum atomic E-state index is -0.510. The van der Waals surface area contributed by atoms with Gasteiger partial charge in [-0.3, -0.25) is 9.59 Å². The molecule has 1 aliphatic heterocycles. The lowest BCUT2D eigenvalue weighted by atomic mass is 10.2. The van der Waals surface area contributed by atoms with Crippen molar-refractivity contribution in [1.82, 2.24) is 0 Å². The van der Waals surface area contributed by atoms with Crippen molar-refractivity contribution in [1.29, 1.82) is 0 Å². The van der Waals surface area contributed by atoms with Gasteiger partial charge in [0.05, 0.1) is 10.6 Å². The molecule has 0 aromatic heterocycles. The minimum Gasteiger partial charge on any atom is -0.508 e. The van der Waals surface area contributed by atoms with E-state index >= 15 is 0 Å². The topological polar surface area (TPSA) is 57.6 Å². The summed E-state index contributed by atoms with van der Waals surface area (Å²) in [6.45, 7) is 0. The van der Waals surface area contributed by atoms with Crippen LogP contribution in [0.4, 0.5) is 14.9 Å². The van der Waals surface area contributed by atoms with Gasteiger partial charge in [-0.2, -0.15) is 0 Å². The van der Waals surface area contributed by atoms with Gasteiger partial charge in [-0.15, -0.1) is 0 Å². The van der Waals surface area contributed by atoms with E-state index in [1.807, 2.05) is 0 Å². The Morgan fingerprint density at radius 3 is 2.41 bits per heavy atom. The highest BCUT2D eigenvalue weighted by atomic mass is 32.2. The van der Waals surface area contributed by atoms with Crippen LogP contribution in [0.25, 0.3) is 6.08 Å². The Hall–Kier alpha value is -2.60. The molecule has 0 unspecified atom stereocenters. The van der Waals surface area contributed by atoms with Gasteiger partial charge in [0.1, 0.15) is 11.6 Å². The van der Waals surface area contributed by atoms with Crippen LogP contribution in [-0.2, 0) is 4.79 Å². The fraction of sp³-hybridized carbons (Fsp3) is 0. The van der Waals surface area contributed by atoms with E-state index in [1.54, 1.807) is 12.1 Å². The number of carbonyl (C=O) groups excluding carboxylic acids is 2. The molecule has 0 atom stereocenters. The molecule has 2 aromatic carbocycles. The van der Waals surface area contributed by atoms with Gasteiger partial charge < -0.3 is 5.11 Å². The number of amides is 2. The van der Waals surface area contributed by atoms with Crippen LogP contribution < -0.4 is 4.90 Å². The molecular formula is C16H10FNO3S.